The van der Waals surface area contributed by atoms with Crippen molar-refractivity contribution in [3.05, 3.63) is 59.7 Å². The van der Waals surface area contributed by atoms with Crippen molar-refractivity contribution in [2.75, 3.05) is 39.4 Å². The monoisotopic (exact) mass is 408 g/mol. The third-order valence-corrected chi connectivity index (χ3v) is 7.03. The molecule has 3 aliphatic rings. The third kappa shape index (κ3) is 4.20. The van der Waals surface area contributed by atoms with Crippen LogP contribution in [0.3, 0.4) is 0 Å². The van der Waals surface area contributed by atoms with Crippen LogP contribution in [0.1, 0.15) is 36.8 Å². The Balaban J connectivity index is 1.15. The number of nitrogens with zero attached hydrogens (tertiary/aromatic N) is 2. The van der Waals surface area contributed by atoms with Crippen LogP contribution in [-0.4, -0.2) is 60.3 Å². The maximum absolute atomic E-state index is 11.3. The normalized spacial score (nSPS) is 27.7. The van der Waals surface area contributed by atoms with Crippen molar-refractivity contribution in [2.24, 2.45) is 0 Å². The van der Waals surface area contributed by atoms with Crippen LogP contribution < -0.4 is 9.47 Å². The second-order valence-electron chi connectivity index (χ2n) is 8.92. The molecule has 2 aromatic carbocycles. The Kier molecular flexibility index (Phi) is 5.68. The van der Waals surface area contributed by atoms with Crippen LogP contribution in [0.15, 0.2) is 48.5 Å². The fourth-order valence-corrected chi connectivity index (χ4v) is 5.19. The van der Waals surface area contributed by atoms with Crippen molar-refractivity contribution in [1.82, 2.24) is 9.80 Å². The standard InChI is InChI=1S/C25H32N2O3/c28-25(21-6-7-23-24(18-21)30-17-16-29-23)10-8-22(9-11-25)27-14-12-26(13-15-27)19-20-4-2-1-3-5-20/h1-7,18,22,28H,8-17,19H2/t22-,25+. The summed E-state index contributed by atoms with van der Waals surface area (Å²) in [5.41, 5.74) is 1.62. The fraction of sp³-hybridized carbons (Fsp3) is 0.520. The molecule has 5 rings (SSSR count). The number of benzene rings is 2. The number of hydrogen-bond acceptors (Lipinski definition) is 5. The molecule has 160 valence electrons. The SMILES string of the molecule is O[C@]1(c2ccc3c(c2)OCCO3)CC[C@H](N2CCN(Cc3ccccc3)CC2)CC1. The minimum Gasteiger partial charge on any atom is -0.486 e. The van der Waals surface area contributed by atoms with Crippen molar-refractivity contribution < 1.29 is 14.6 Å². The lowest BCUT2D eigenvalue weighted by Gasteiger charge is -2.44. The Labute approximate surface area is 179 Å². The van der Waals surface area contributed by atoms with E-state index in [0.29, 0.717) is 19.3 Å². The Morgan fingerprint density at radius 2 is 1.57 bits per heavy atom. The number of rotatable bonds is 4. The van der Waals surface area contributed by atoms with E-state index in [1.54, 1.807) is 0 Å². The molecule has 1 saturated heterocycles. The second-order valence-corrected chi connectivity index (χ2v) is 8.92. The number of ether oxygens (including phenoxy) is 2. The topological polar surface area (TPSA) is 45.2 Å². The zero-order chi connectivity index (χ0) is 20.4. The summed E-state index contributed by atoms with van der Waals surface area (Å²) in [7, 11) is 0. The molecule has 0 radical (unpaired) electrons. The van der Waals surface area contributed by atoms with Crippen LogP contribution in [-0.2, 0) is 12.1 Å². The van der Waals surface area contributed by atoms with Gasteiger partial charge in [-0.25, -0.2) is 0 Å². The molecule has 2 aliphatic heterocycles. The molecule has 5 nitrogen and oxygen atoms in total. The molecule has 1 N–H and O–H groups in total. The lowest BCUT2D eigenvalue weighted by molar-refractivity contribution is -0.0322. The van der Waals surface area contributed by atoms with Gasteiger partial charge in [0.15, 0.2) is 11.5 Å². The van der Waals surface area contributed by atoms with Crippen LogP contribution in [0, 0.1) is 0 Å². The smallest absolute Gasteiger partial charge is 0.161 e. The quantitative estimate of drug-likeness (QED) is 0.840. The van der Waals surface area contributed by atoms with Gasteiger partial charge in [-0.3, -0.25) is 9.80 Å². The Morgan fingerprint density at radius 3 is 2.30 bits per heavy atom. The Hall–Kier alpha value is -2.08. The first-order valence-corrected chi connectivity index (χ1v) is 11.3. The summed E-state index contributed by atoms with van der Waals surface area (Å²) in [4.78, 5) is 5.20. The van der Waals surface area contributed by atoms with E-state index in [9.17, 15) is 5.11 Å². The van der Waals surface area contributed by atoms with Crippen LogP contribution in [0.5, 0.6) is 11.5 Å². The maximum Gasteiger partial charge on any atom is 0.161 e. The van der Waals surface area contributed by atoms with Gasteiger partial charge in [-0.05, 0) is 48.9 Å². The predicted molar refractivity (Wildman–Crippen MR) is 117 cm³/mol. The van der Waals surface area contributed by atoms with E-state index >= 15 is 0 Å². The van der Waals surface area contributed by atoms with Crippen molar-refractivity contribution in [2.45, 2.75) is 43.9 Å². The average Bonchev–Trinajstić information content (AvgIpc) is 2.81. The molecule has 0 bridgehead atoms. The zero-order valence-electron chi connectivity index (χ0n) is 17.6. The third-order valence-electron chi connectivity index (χ3n) is 7.03. The highest BCUT2D eigenvalue weighted by atomic mass is 16.6. The summed E-state index contributed by atoms with van der Waals surface area (Å²) >= 11 is 0. The summed E-state index contributed by atoms with van der Waals surface area (Å²) in [6.07, 6.45) is 3.70. The molecule has 0 unspecified atom stereocenters. The molecule has 0 spiro atoms. The molecule has 5 heteroatoms. The van der Waals surface area contributed by atoms with Crippen molar-refractivity contribution in [3.63, 3.8) is 0 Å². The zero-order valence-corrected chi connectivity index (χ0v) is 17.6. The van der Waals surface area contributed by atoms with Crippen LogP contribution in [0.4, 0.5) is 0 Å². The molecule has 2 fully saturated rings. The molecule has 2 aromatic rings. The molecule has 0 aromatic heterocycles. The molecule has 2 heterocycles. The molecule has 1 aliphatic carbocycles. The Bertz CT molecular complexity index is 841. The number of aliphatic hydroxyl groups is 1. The van der Waals surface area contributed by atoms with Gasteiger partial charge in [-0.1, -0.05) is 36.4 Å². The molecular weight excluding hydrogens is 376 g/mol. The summed E-state index contributed by atoms with van der Waals surface area (Å²) in [5, 5.41) is 11.3. The first-order chi connectivity index (χ1) is 14.7. The van der Waals surface area contributed by atoms with Gasteiger partial charge < -0.3 is 14.6 Å². The lowest BCUT2D eigenvalue weighted by atomic mass is 9.77. The molecular formula is C25H32N2O3. The first-order valence-electron chi connectivity index (χ1n) is 11.3. The van der Waals surface area contributed by atoms with Gasteiger partial charge in [0.05, 0.1) is 5.60 Å². The van der Waals surface area contributed by atoms with E-state index in [4.69, 9.17) is 9.47 Å². The average molecular weight is 409 g/mol. The minimum atomic E-state index is -0.749. The summed E-state index contributed by atoms with van der Waals surface area (Å²) in [6, 6.07) is 17.3. The number of piperazine rings is 1. The van der Waals surface area contributed by atoms with Gasteiger partial charge in [0, 0.05) is 38.8 Å². The highest BCUT2D eigenvalue weighted by Crippen LogP contribution is 2.42. The fourth-order valence-electron chi connectivity index (χ4n) is 5.19. The van der Waals surface area contributed by atoms with Gasteiger partial charge >= 0.3 is 0 Å². The predicted octanol–water partition coefficient (Wildman–Crippen LogP) is 3.41. The maximum atomic E-state index is 11.3. The largest absolute Gasteiger partial charge is 0.486 e. The molecule has 0 atom stereocenters. The van der Waals surface area contributed by atoms with Crippen molar-refractivity contribution >= 4 is 0 Å². The minimum absolute atomic E-state index is 0.577. The first kappa shape index (κ1) is 19.9. The van der Waals surface area contributed by atoms with E-state index in [2.05, 4.69) is 40.1 Å². The highest BCUT2D eigenvalue weighted by molar-refractivity contribution is 5.45. The van der Waals surface area contributed by atoms with Crippen LogP contribution in [0.2, 0.25) is 0 Å². The van der Waals surface area contributed by atoms with Gasteiger partial charge in [0.2, 0.25) is 0 Å². The summed E-state index contributed by atoms with van der Waals surface area (Å²) < 4.78 is 11.3. The van der Waals surface area contributed by atoms with Crippen molar-refractivity contribution in [1.29, 1.82) is 0 Å². The van der Waals surface area contributed by atoms with Crippen molar-refractivity contribution in [3.8, 4) is 11.5 Å². The summed E-state index contributed by atoms with van der Waals surface area (Å²) in [6.45, 7) is 6.71. The molecule has 0 amide bonds. The Morgan fingerprint density at radius 1 is 0.867 bits per heavy atom. The number of fused-ring (bicyclic) bond motifs is 1. The molecule has 30 heavy (non-hydrogen) atoms. The van der Waals surface area contributed by atoms with Gasteiger partial charge in [0.1, 0.15) is 13.2 Å². The van der Waals surface area contributed by atoms with E-state index in [-0.39, 0.29) is 0 Å². The molecule has 1 saturated carbocycles. The number of hydrogen-bond donors (Lipinski definition) is 1. The van der Waals surface area contributed by atoms with E-state index in [1.807, 2.05) is 18.2 Å². The van der Waals surface area contributed by atoms with E-state index < -0.39 is 5.60 Å². The van der Waals surface area contributed by atoms with Gasteiger partial charge in [-0.15, -0.1) is 0 Å². The van der Waals surface area contributed by atoms with Crippen LogP contribution in [0.25, 0.3) is 0 Å². The van der Waals surface area contributed by atoms with Gasteiger partial charge in [0.25, 0.3) is 0 Å². The lowest BCUT2D eigenvalue weighted by Crippen LogP contribution is -2.51. The van der Waals surface area contributed by atoms with E-state index in [0.717, 1.165) is 75.5 Å². The summed E-state index contributed by atoms with van der Waals surface area (Å²) in [5.74, 6) is 1.56. The highest BCUT2D eigenvalue weighted by Gasteiger charge is 2.38. The van der Waals surface area contributed by atoms with Crippen LogP contribution >= 0.6 is 0 Å². The van der Waals surface area contributed by atoms with E-state index in [1.165, 1.54) is 5.56 Å². The second kappa shape index (κ2) is 8.58. The van der Waals surface area contributed by atoms with Gasteiger partial charge in [-0.2, -0.15) is 0 Å².